The Morgan fingerprint density at radius 2 is 1.41 bits per heavy atom. The topological polar surface area (TPSA) is 92.3 Å². The number of carbonyl (C=O) groups is 2. The van der Waals surface area contributed by atoms with E-state index in [0.717, 1.165) is 5.19 Å². The Morgan fingerprint density at radius 1 is 0.846 bits per heavy atom. The highest BCUT2D eigenvalue weighted by Crippen LogP contribution is 2.39. The molecule has 8 nitrogen and oxygen atoms in total. The number of methoxy groups -OCH3 is 1. The first-order valence-electron chi connectivity index (χ1n) is 13.6. The summed E-state index contributed by atoms with van der Waals surface area (Å²) < 4.78 is 30.1. The lowest BCUT2D eigenvalue weighted by molar-refractivity contribution is -0.142. The fourth-order valence-corrected chi connectivity index (χ4v) is 8.52. The van der Waals surface area contributed by atoms with Crippen molar-refractivity contribution in [3.63, 3.8) is 0 Å². The molecular weight excluding hydrogens is 530 g/mol. The summed E-state index contributed by atoms with van der Waals surface area (Å²) in [5.41, 5.74) is -0.689. The molecule has 39 heavy (non-hydrogen) atoms. The molecule has 0 radical (unpaired) electrons. The summed E-state index contributed by atoms with van der Waals surface area (Å²) in [5, 5.41) is 3.61. The largest absolute Gasteiger partial charge is 0.469 e. The third kappa shape index (κ3) is 10.3. The second kappa shape index (κ2) is 13.8. The van der Waals surface area contributed by atoms with Crippen LogP contribution in [0, 0.1) is 5.92 Å². The van der Waals surface area contributed by atoms with E-state index in [4.69, 9.17) is 22.8 Å². The number of benzene rings is 1. The Balaban J connectivity index is 3.48. The van der Waals surface area contributed by atoms with Crippen LogP contribution in [0.3, 0.4) is 0 Å². The minimum absolute atomic E-state index is 0.0227. The van der Waals surface area contributed by atoms with Crippen LogP contribution in [0.1, 0.15) is 68.7 Å². The van der Waals surface area contributed by atoms with Gasteiger partial charge in [0.2, 0.25) is 0 Å². The van der Waals surface area contributed by atoms with Gasteiger partial charge in [0, 0.05) is 24.7 Å². The molecule has 0 saturated carbocycles. The van der Waals surface area contributed by atoms with Crippen LogP contribution in [0.4, 0.5) is 4.79 Å². The van der Waals surface area contributed by atoms with Gasteiger partial charge in [-0.2, -0.15) is 0 Å². The van der Waals surface area contributed by atoms with Crippen molar-refractivity contribution in [1.82, 2.24) is 5.32 Å². The molecule has 1 aromatic carbocycles. The number of amides is 1. The van der Waals surface area contributed by atoms with E-state index in [9.17, 15) is 9.59 Å². The maximum absolute atomic E-state index is 13.0. The Labute approximate surface area is 238 Å². The monoisotopic (exact) mass is 583 g/mol. The van der Waals surface area contributed by atoms with Gasteiger partial charge in [0.1, 0.15) is 5.60 Å². The van der Waals surface area contributed by atoms with Gasteiger partial charge < -0.3 is 28.1 Å². The van der Waals surface area contributed by atoms with Crippen molar-refractivity contribution < 1.29 is 32.3 Å². The second-order valence-electron chi connectivity index (χ2n) is 13.6. The number of esters is 1. The number of rotatable bonds is 12. The molecule has 0 fully saturated rings. The zero-order chi connectivity index (χ0) is 30.3. The van der Waals surface area contributed by atoms with Gasteiger partial charge >= 0.3 is 20.6 Å². The smallest absolute Gasteiger partial charge is 0.407 e. The number of carbonyl (C=O) groups excluding carboxylic acids is 2. The van der Waals surface area contributed by atoms with E-state index in [-0.39, 0.29) is 35.7 Å². The summed E-state index contributed by atoms with van der Waals surface area (Å²) in [6.07, 6.45) is -0.532. The molecule has 1 rings (SSSR count). The molecule has 1 amide bonds. The Hall–Kier alpha value is -1.73. The Morgan fingerprint density at radius 3 is 1.85 bits per heavy atom. The average Bonchev–Trinajstić information content (AvgIpc) is 2.79. The summed E-state index contributed by atoms with van der Waals surface area (Å²) in [6, 6.07) is 9.33. The van der Waals surface area contributed by atoms with E-state index in [1.165, 1.54) is 7.11 Å². The minimum Gasteiger partial charge on any atom is -0.469 e. The predicted molar refractivity (Wildman–Crippen MR) is 161 cm³/mol. The van der Waals surface area contributed by atoms with Gasteiger partial charge in [0.25, 0.3) is 0 Å². The molecule has 0 bridgehead atoms. The standard InChI is InChI=1S/C29H53NO7Si2/c1-27(2,3)37-26(32)30-24(22(19-25(31)33-10)20-35-38(12,13)28(4,5)6)21-36-39(34-11,29(7,8)9)23-17-15-14-16-18-23/h14-18,22,24H,19-21H2,1-13H3,(H,30,32)/t22?,24-,39?/m1/s1. The van der Waals surface area contributed by atoms with Crippen molar-refractivity contribution in [2.24, 2.45) is 5.92 Å². The first-order valence-corrected chi connectivity index (χ1v) is 18.4. The van der Waals surface area contributed by atoms with E-state index in [0.29, 0.717) is 0 Å². The molecule has 0 heterocycles. The van der Waals surface area contributed by atoms with Crippen molar-refractivity contribution >= 4 is 34.1 Å². The van der Waals surface area contributed by atoms with E-state index in [1.54, 1.807) is 7.11 Å². The van der Waals surface area contributed by atoms with Crippen LogP contribution in [0.2, 0.25) is 23.2 Å². The molecule has 1 aromatic rings. The lowest BCUT2D eigenvalue weighted by Crippen LogP contribution is -2.62. The molecule has 0 aliphatic carbocycles. The van der Waals surface area contributed by atoms with Crippen molar-refractivity contribution in [3.8, 4) is 0 Å². The van der Waals surface area contributed by atoms with E-state index >= 15 is 0 Å². The molecule has 2 unspecified atom stereocenters. The van der Waals surface area contributed by atoms with Crippen molar-refractivity contribution in [2.45, 2.75) is 104 Å². The summed E-state index contributed by atoms with van der Waals surface area (Å²) >= 11 is 0. The Kier molecular flexibility index (Phi) is 12.5. The van der Waals surface area contributed by atoms with E-state index in [2.05, 4.69) is 60.0 Å². The predicted octanol–water partition coefficient (Wildman–Crippen LogP) is 5.89. The van der Waals surface area contributed by atoms with Gasteiger partial charge in [0.15, 0.2) is 8.32 Å². The van der Waals surface area contributed by atoms with Gasteiger partial charge in [-0.1, -0.05) is 71.9 Å². The minimum atomic E-state index is -3.03. The van der Waals surface area contributed by atoms with Gasteiger partial charge in [-0.25, -0.2) is 4.79 Å². The van der Waals surface area contributed by atoms with Crippen LogP contribution >= 0.6 is 0 Å². The van der Waals surface area contributed by atoms with Gasteiger partial charge in [-0.3, -0.25) is 4.79 Å². The number of nitrogens with one attached hydrogen (secondary N) is 1. The highest BCUT2D eigenvalue weighted by atomic mass is 28.4. The molecule has 0 aromatic heterocycles. The molecule has 0 saturated heterocycles. The molecule has 1 N–H and O–H groups in total. The van der Waals surface area contributed by atoms with Crippen LogP contribution in [-0.2, 0) is 27.5 Å². The first-order chi connectivity index (χ1) is 17.7. The zero-order valence-corrected chi connectivity index (χ0v) is 28.5. The molecule has 0 aliphatic rings. The fourth-order valence-electron chi connectivity index (χ4n) is 3.98. The molecule has 0 aliphatic heterocycles. The third-order valence-electron chi connectivity index (χ3n) is 7.29. The molecule has 0 spiro atoms. The van der Waals surface area contributed by atoms with Gasteiger partial charge in [0.05, 0.1) is 26.2 Å². The second-order valence-corrected chi connectivity index (χ2v) is 22.4. The zero-order valence-electron chi connectivity index (χ0n) is 26.5. The summed E-state index contributed by atoms with van der Waals surface area (Å²) in [7, 11) is -2.15. The highest BCUT2D eigenvalue weighted by Gasteiger charge is 2.51. The fraction of sp³-hybridized carbons (Fsp3) is 0.724. The van der Waals surface area contributed by atoms with Crippen LogP contribution in [0.15, 0.2) is 30.3 Å². The average molecular weight is 584 g/mol. The molecule has 3 atom stereocenters. The van der Waals surface area contributed by atoms with Crippen LogP contribution in [0.25, 0.3) is 0 Å². The van der Waals surface area contributed by atoms with Crippen LogP contribution in [0.5, 0.6) is 0 Å². The van der Waals surface area contributed by atoms with Crippen LogP contribution < -0.4 is 10.5 Å². The van der Waals surface area contributed by atoms with Crippen molar-refractivity contribution in [2.75, 3.05) is 27.4 Å². The molecular formula is C29H53NO7Si2. The molecule has 10 heteroatoms. The van der Waals surface area contributed by atoms with Gasteiger partial charge in [-0.15, -0.1) is 0 Å². The normalized spacial score (nSPS) is 16.1. The number of alkyl carbamates (subject to hydrolysis) is 1. The lowest BCUT2D eigenvalue weighted by atomic mass is 9.97. The van der Waals surface area contributed by atoms with Crippen molar-refractivity contribution in [3.05, 3.63) is 30.3 Å². The third-order valence-corrected chi connectivity index (χ3v) is 16.0. The van der Waals surface area contributed by atoms with E-state index in [1.807, 2.05) is 51.1 Å². The number of hydrogen-bond acceptors (Lipinski definition) is 7. The summed E-state index contributed by atoms with van der Waals surface area (Å²) in [6.45, 7) is 22.9. The highest BCUT2D eigenvalue weighted by molar-refractivity contribution is 6.83. The van der Waals surface area contributed by atoms with Gasteiger partial charge in [-0.05, 0) is 44.1 Å². The SMILES string of the molecule is COC(=O)CC(CO[Si](C)(C)C(C)(C)C)[C@@H](CO[Si](OC)(c1ccccc1)C(C)(C)C)NC(=O)OC(C)(C)C. The Bertz CT molecular complexity index is 920. The lowest BCUT2D eigenvalue weighted by Gasteiger charge is -2.42. The maximum atomic E-state index is 13.0. The number of hydrogen-bond donors (Lipinski definition) is 1. The summed E-state index contributed by atoms with van der Waals surface area (Å²) in [5.74, 6) is -0.803. The maximum Gasteiger partial charge on any atom is 0.407 e. The van der Waals surface area contributed by atoms with E-state index < -0.39 is 40.5 Å². The molecule has 224 valence electrons. The number of ether oxygens (including phenoxy) is 2. The van der Waals surface area contributed by atoms with Crippen LogP contribution in [-0.4, -0.2) is 68.0 Å². The first kappa shape index (κ1) is 35.3. The van der Waals surface area contributed by atoms with Crippen molar-refractivity contribution in [1.29, 1.82) is 0 Å². The summed E-state index contributed by atoms with van der Waals surface area (Å²) in [4.78, 5) is 25.5. The quantitative estimate of drug-likeness (QED) is 0.242.